The molecule has 100 valence electrons. The van der Waals surface area contributed by atoms with Crippen LogP contribution in [-0.4, -0.2) is 44.7 Å². The van der Waals surface area contributed by atoms with Gasteiger partial charge in [0, 0.05) is 44.3 Å². The fourth-order valence-corrected chi connectivity index (χ4v) is 2.75. The highest BCUT2D eigenvalue weighted by Gasteiger charge is 2.10. The smallest absolute Gasteiger partial charge is 0.0715 e. The fourth-order valence-electron chi connectivity index (χ4n) is 2.34. The molecule has 0 atom stereocenters. The van der Waals surface area contributed by atoms with Crippen molar-refractivity contribution in [3.63, 3.8) is 0 Å². The van der Waals surface area contributed by atoms with E-state index in [0.717, 1.165) is 43.6 Å². The van der Waals surface area contributed by atoms with Gasteiger partial charge >= 0.3 is 0 Å². The van der Waals surface area contributed by atoms with Gasteiger partial charge in [-0.05, 0) is 29.7 Å². The zero-order chi connectivity index (χ0) is 12.8. The van der Waals surface area contributed by atoms with E-state index in [1.54, 1.807) is 7.11 Å². The van der Waals surface area contributed by atoms with Crippen LogP contribution in [-0.2, 0) is 17.8 Å². The minimum absolute atomic E-state index is 0.699. The summed E-state index contributed by atoms with van der Waals surface area (Å²) >= 11 is 3.55. The Morgan fingerprint density at radius 1 is 1.28 bits per heavy atom. The Morgan fingerprint density at radius 2 is 2.06 bits per heavy atom. The van der Waals surface area contributed by atoms with Crippen molar-refractivity contribution in [3.8, 4) is 0 Å². The van der Waals surface area contributed by atoms with Crippen molar-refractivity contribution in [1.29, 1.82) is 0 Å². The van der Waals surface area contributed by atoms with E-state index in [2.05, 4.69) is 44.3 Å². The summed E-state index contributed by atoms with van der Waals surface area (Å²) in [6.07, 6.45) is 1.10. The summed E-state index contributed by atoms with van der Waals surface area (Å²) in [6, 6.07) is 6.46. The van der Waals surface area contributed by atoms with E-state index in [-0.39, 0.29) is 0 Å². The molecule has 0 bridgehead atoms. The van der Waals surface area contributed by atoms with Crippen molar-refractivity contribution in [2.24, 2.45) is 0 Å². The Bertz CT molecular complexity index is 378. The van der Waals surface area contributed by atoms with Crippen LogP contribution in [0.2, 0.25) is 0 Å². The average Bonchev–Trinajstić information content (AvgIpc) is 2.40. The van der Waals surface area contributed by atoms with E-state index in [1.165, 1.54) is 11.1 Å². The molecule has 1 aliphatic rings. The lowest BCUT2D eigenvalue weighted by Crippen LogP contribution is -2.44. The van der Waals surface area contributed by atoms with Crippen molar-refractivity contribution in [3.05, 3.63) is 33.8 Å². The van der Waals surface area contributed by atoms with Crippen LogP contribution in [0.5, 0.6) is 0 Å². The molecule has 3 nitrogen and oxygen atoms in total. The highest BCUT2D eigenvalue weighted by atomic mass is 79.9. The first-order valence-corrected chi connectivity index (χ1v) is 7.28. The average molecular weight is 313 g/mol. The maximum absolute atomic E-state index is 5.26. The first kappa shape index (κ1) is 14.0. The zero-order valence-electron chi connectivity index (χ0n) is 10.9. The van der Waals surface area contributed by atoms with Crippen molar-refractivity contribution in [2.75, 3.05) is 39.8 Å². The molecule has 0 aliphatic carbocycles. The SMILES string of the molecule is COCc1ccc(Br)cc1CCN1CCNCC1. The van der Waals surface area contributed by atoms with Crippen LogP contribution in [0.3, 0.4) is 0 Å². The second-order valence-electron chi connectivity index (χ2n) is 4.69. The summed E-state index contributed by atoms with van der Waals surface area (Å²) in [5.41, 5.74) is 2.69. The lowest BCUT2D eigenvalue weighted by atomic mass is 10.0. The molecule has 18 heavy (non-hydrogen) atoms. The maximum atomic E-state index is 5.26. The van der Waals surface area contributed by atoms with Gasteiger partial charge in [-0.25, -0.2) is 0 Å². The van der Waals surface area contributed by atoms with Crippen LogP contribution < -0.4 is 5.32 Å². The van der Waals surface area contributed by atoms with Crippen LogP contribution in [0, 0.1) is 0 Å². The number of nitrogens with one attached hydrogen (secondary N) is 1. The first-order chi connectivity index (χ1) is 8.79. The third kappa shape index (κ3) is 4.05. The third-order valence-electron chi connectivity index (χ3n) is 3.38. The molecule has 0 saturated carbocycles. The van der Waals surface area contributed by atoms with Gasteiger partial charge in [-0.2, -0.15) is 0 Å². The van der Waals surface area contributed by atoms with Crippen molar-refractivity contribution < 1.29 is 4.74 Å². The molecule has 1 aliphatic heterocycles. The lowest BCUT2D eigenvalue weighted by Gasteiger charge is -2.27. The summed E-state index contributed by atoms with van der Waals surface area (Å²) in [6.45, 7) is 6.38. The molecular formula is C14H21BrN2O. The normalized spacial score (nSPS) is 17.0. The molecule has 0 aromatic heterocycles. The minimum atomic E-state index is 0.699. The van der Waals surface area contributed by atoms with Crippen molar-refractivity contribution in [2.45, 2.75) is 13.0 Å². The maximum Gasteiger partial charge on any atom is 0.0715 e. The van der Waals surface area contributed by atoms with Crippen LogP contribution in [0.1, 0.15) is 11.1 Å². The van der Waals surface area contributed by atoms with Gasteiger partial charge in [0.1, 0.15) is 0 Å². The number of methoxy groups -OCH3 is 1. The highest BCUT2D eigenvalue weighted by molar-refractivity contribution is 9.10. The first-order valence-electron chi connectivity index (χ1n) is 6.49. The molecule has 1 aromatic carbocycles. The Morgan fingerprint density at radius 3 is 2.78 bits per heavy atom. The van der Waals surface area contributed by atoms with Crippen LogP contribution in [0.15, 0.2) is 22.7 Å². The third-order valence-corrected chi connectivity index (χ3v) is 3.87. The largest absolute Gasteiger partial charge is 0.380 e. The van der Waals surface area contributed by atoms with Gasteiger partial charge in [0.2, 0.25) is 0 Å². The molecule has 2 rings (SSSR count). The molecule has 4 heteroatoms. The lowest BCUT2D eigenvalue weighted by molar-refractivity contribution is 0.183. The van der Waals surface area contributed by atoms with Gasteiger partial charge in [0.25, 0.3) is 0 Å². The molecule has 1 heterocycles. The molecular weight excluding hydrogens is 292 g/mol. The zero-order valence-corrected chi connectivity index (χ0v) is 12.5. The standard InChI is InChI=1S/C14H21BrN2O/c1-18-11-13-2-3-14(15)10-12(13)4-7-17-8-5-16-6-9-17/h2-3,10,16H,4-9,11H2,1H3. The molecule has 1 fully saturated rings. The van der Waals surface area contributed by atoms with E-state index in [0.29, 0.717) is 6.61 Å². The molecule has 1 aromatic rings. The Hall–Kier alpha value is -0.420. The number of hydrogen-bond donors (Lipinski definition) is 1. The molecule has 0 spiro atoms. The van der Waals surface area contributed by atoms with Gasteiger partial charge in [-0.15, -0.1) is 0 Å². The fraction of sp³-hybridized carbons (Fsp3) is 0.571. The monoisotopic (exact) mass is 312 g/mol. The summed E-state index contributed by atoms with van der Waals surface area (Å²) in [7, 11) is 1.75. The van der Waals surface area contributed by atoms with E-state index < -0.39 is 0 Å². The van der Waals surface area contributed by atoms with Gasteiger partial charge in [0.05, 0.1) is 6.61 Å². The van der Waals surface area contributed by atoms with E-state index in [1.807, 2.05) is 0 Å². The molecule has 0 amide bonds. The Labute approximate surface area is 118 Å². The highest BCUT2D eigenvalue weighted by Crippen LogP contribution is 2.18. The molecule has 0 radical (unpaired) electrons. The van der Waals surface area contributed by atoms with Crippen molar-refractivity contribution >= 4 is 15.9 Å². The van der Waals surface area contributed by atoms with Gasteiger partial charge in [-0.3, -0.25) is 0 Å². The predicted molar refractivity (Wildman–Crippen MR) is 77.9 cm³/mol. The van der Waals surface area contributed by atoms with Gasteiger partial charge in [-0.1, -0.05) is 22.0 Å². The Balaban J connectivity index is 1.95. The Kier molecular flexibility index (Phi) is 5.63. The van der Waals surface area contributed by atoms with E-state index in [9.17, 15) is 0 Å². The van der Waals surface area contributed by atoms with E-state index >= 15 is 0 Å². The predicted octanol–water partition coefficient (Wildman–Crippen LogP) is 2.04. The molecule has 1 N–H and O–H groups in total. The van der Waals surface area contributed by atoms with E-state index in [4.69, 9.17) is 4.74 Å². The number of ether oxygens (including phenoxy) is 1. The molecule has 0 unspecified atom stereocenters. The summed E-state index contributed by atoms with van der Waals surface area (Å²) < 4.78 is 6.41. The molecule has 1 saturated heterocycles. The van der Waals surface area contributed by atoms with Crippen molar-refractivity contribution in [1.82, 2.24) is 10.2 Å². The quantitative estimate of drug-likeness (QED) is 0.900. The summed E-state index contributed by atoms with van der Waals surface area (Å²) in [5, 5.41) is 3.38. The number of nitrogens with zero attached hydrogens (tertiary/aromatic N) is 1. The number of halogens is 1. The number of rotatable bonds is 5. The van der Waals surface area contributed by atoms with Crippen LogP contribution in [0.25, 0.3) is 0 Å². The number of benzene rings is 1. The summed E-state index contributed by atoms with van der Waals surface area (Å²) in [4.78, 5) is 2.52. The number of hydrogen-bond acceptors (Lipinski definition) is 3. The summed E-state index contributed by atoms with van der Waals surface area (Å²) in [5.74, 6) is 0. The van der Waals surface area contributed by atoms with Crippen LogP contribution >= 0.6 is 15.9 Å². The topological polar surface area (TPSA) is 24.5 Å². The van der Waals surface area contributed by atoms with Gasteiger partial charge in [0.15, 0.2) is 0 Å². The van der Waals surface area contributed by atoms with Gasteiger partial charge < -0.3 is 15.0 Å². The second kappa shape index (κ2) is 7.24. The van der Waals surface area contributed by atoms with Crippen LogP contribution in [0.4, 0.5) is 0 Å². The second-order valence-corrected chi connectivity index (χ2v) is 5.60. The number of piperazine rings is 1. The minimum Gasteiger partial charge on any atom is -0.380 e.